The fraction of sp³-hybridized carbons (Fsp3) is 0.176. The molecule has 0 fully saturated rings. The molecular weight excluding hydrogens is 312 g/mol. The Morgan fingerprint density at radius 2 is 2.09 bits per heavy atom. The molecule has 0 atom stereocenters. The number of aliphatic hydroxyl groups excluding tert-OH is 1. The smallest absolute Gasteiger partial charge is 0.162 e. The lowest BCUT2D eigenvalue weighted by Crippen LogP contribution is -1.93. The maximum atomic E-state index is 11.1. The molecule has 0 spiro atoms. The molecule has 0 aliphatic rings. The second kappa shape index (κ2) is 8.73. The van der Waals surface area contributed by atoms with E-state index in [1.807, 2.05) is 0 Å². The van der Waals surface area contributed by atoms with Crippen LogP contribution in [0.2, 0.25) is 0 Å². The van der Waals surface area contributed by atoms with Crippen molar-refractivity contribution in [1.29, 1.82) is 0 Å². The van der Waals surface area contributed by atoms with Crippen molar-refractivity contribution in [2.75, 3.05) is 11.9 Å². The highest BCUT2D eigenvalue weighted by Crippen LogP contribution is 2.27. The van der Waals surface area contributed by atoms with Gasteiger partial charge in [-0.25, -0.2) is 4.99 Å². The first kappa shape index (κ1) is 16.7. The van der Waals surface area contributed by atoms with Crippen LogP contribution in [0.3, 0.4) is 0 Å². The summed E-state index contributed by atoms with van der Waals surface area (Å²) in [4.78, 5) is 16.6. The second-order valence-corrected chi connectivity index (χ2v) is 5.64. The lowest BCUT2D eigenvalue weighted by Gasteiger charge is -1.99. The Kier molecular flexibility index (Phi) is 6.36. The monoisotopic (exact) mass is 328 g/mol. The van der Waals surface area contributed by atoms with E-state index in [0.29, 0.717) is 23.4 Å². The summed E-state index contributed by atoms with van der Waals surface area (Å²) in [7, 11) is 0. The van der Waals surface area contributed by atoms with E-state index in [-0.39, 0.29) is 12.4 Å². The van der Waals surface area contributed by atoms with Gasteiger partial charge in [0.25, 0.3) is 0 Å². The highest BCUT2D eigenvalue weighted by Gasteiger charge is 2.05. The van der Waals surface area contributed by atoms with E-state index in [1.165, 1.54) is 17.7 Å². The maximum absolute atomic E-state index is 11.1. The molecule has 23 heavy (non-hydrogen) atoms. The minimum absolute atomic E-state index is 0.122. The van der Waals surface area contributed by atoms with Crippen LogP contribution >= 0.6 is 11.3 Å². The lowest BCUT2D eigenvalue weighted by molar-refractivity contribution is 0.112. The topological polar surface area (TPSA) is 81.9 Å². The third-order valence-corrected chi connectivity index (χ3v) is 3.79. The van der Waals surface area contributed by atoms with Gasteiger partial charge in [0.05, 0.1) is 21.8 Å². The van der Waals surface area contributed by atoms with Crippen LogP contribution in [-0.4, -0.2) is 29.4 Å². The van der Waals surface area contributed by atoms with Gasteiger partial charge in [-0.15, -0.1) is 11.3 Å². The van der Waals surface area contributed by atoms with Crippen molar-refractivity contribution in [3.63, 3.8) is 0 Å². The number of phenols is 1. The summed E-state index contributed by atoms with van der Waals surface area (Å²) in [6, 6.07) is 8.33. The minimum atomic E-state index is 0.122. The van der Waals surface area contributed by atoms with Gasteiger partial charge in [-0.05, 0) is 36.8 Å². The number of nitrogens with zero attached hydrogens (tertiary/aromatic N) is 1. The Hall–Kier alpha value is -2.62. The molecule has 6 heteroatoms. The van der Waals surface area contributed by atoms with Gasteiger partial charge in [-0.3, -0.25) is 4.79 Å². The first-order valence-corrected chi connectivity index (χ1v) is 7.81. The number of aromatic hydroxyl groups is 1. The van der Waals surface area contributed by atoms with Crippen LogP contribution in [-0.2, 0) is 0 Å². The number of rotatable bonds is 6. The van der Waals surface area contributed by atoms with Crippen LogP contribution in [0.1, 0.15) is 27.4 Å². The number of anilines is 1. The molecular formula is C17H16N2O3S. The molecule has 0 saturated carbocycles. The highest BCUT2D eigenvalue weighted by atomic mass is 32.1. The number of nitrogens with one attached hydrogen (secondary N) is 1. The average Bonchev–Trinajstić information content (AvgIpc) is 2.96. The van der Waals surface area contributed by atoms with E-state index in [9.17, 15) is 9.90 Å². The molecule has 5 nitrogen and oxygen atoms in total. The number of phenolic OH excluding ortho intramolecular Hbond substituents is 1. The number of aldehydes is 1. The number of hydrogen-bond acceptors (Lipinski definition) is 5. The molecule has 0 saturated heterocycles. The number of hydrogen-bond donors (Lipinski definition) is 3. The van der Waals surface area contributed by atoms with Gasteiger partial charge in [-0.1, -0.05) is 11.8 Å². The molecule has 118 valence electrons. The molecule has 0 aliphatic carbocycles. The van der Waals surface area contributed by atoms with Gasteiger partial charge >= 0.3 is 0 Å². The number of carbonyl (C=O) groups is 1. The fourth-order valence-corrected chi connectivity index (χ4v) is 2.49. The zero-order valence-corrected chi connectivity index (χ0v) is 13.1. The molecule has 0 amide bonds. The van der Waals surface area contributed by atoms with Crippen LogP contribution in [0.4, 0.5) is 11.4 Å². The van der Waals surface area contributed by atoms with E-state index < -0.39 is 0 Å². The van der Waals surface area contributed by atoms with Crippen LogP contribution in [0, 0.1) is 11.8 Å². The van der Waals surface area contributed by atoms with Crippen LogP contribution < -0.4 is 5.32 Å². The number of carbonyl (C=O) groups excluding carboxylic acids is 1. The Bertz CT molecular complexity index is 739. The maximum Gasteiger partial charge on any atom is 0.162 e. The molecule has 1 aromatic heterocycles. The van der Waals surface area contributed by atoms with Gasteiger partial charge in [0, 0.05) is 18.7 Å². The molecule has 1 aromatic carbocycles. The summed E-state index contributed by atoms with van der Waals surface area (Å²) < 4.78 is 0. The summed E-state index contributed by atoms with van der Waals surface area (Å²) >= 11 is 1.29. The highest BCUT2D eigenvalue weighted by molar-refractivity contribution is 7.14. The van der Waals surface area contributed by atoms with E-state index in [1.54, 1.807) is 30.3 Å². The summed E-state index contributed by atoms with van der Waals surface area (Å²) in [5, 5.41) is 20.9. The molecule has 0 radical (unpaired) electrons. The number of benzene rings is 1. The molecule has 2 aromatic rings. The Balaban J connectivity index is 2.04. The average molecular weight is 328 g/mol. The first-order chi connectivity index (χ1) is 11.2. The van der Waals surface area contributed by atoms with Crippen molar-refractivity contribution < 1.29 is 15.0 Å². The van der Waals surface area contributed by atoms with Gasteiger partial charge in [0.15, 0.2) is 6.29 Å². The Labute approximate surface area is 138 Å². The standard InChI is InChI=1S/C17H16N2O3S/c20-9-3-1-2-4-15-10-16(17(11-21)23-15)19-12-18-13-5-7-14(22)8-6-13/h5-8,10-12,20,22H,1,3,9H2,(H,18,19). The number of unbranched alkanes of at least 4 members (excludes halogenated alkanes) is 1. The Morgan fingerprint density at radius 1 is 1.30 bits per heavy atom. The first-order valence-electron chi connectivity index (χ1n) is 7.00. The van der Waals surface area contributed by atoms with Crippen molar-refractivity contribution in [3.05, 3.63) is 40.1 Å². The number of aliphatic imine (C=N–C) groups is 1. The van der Waals surface area contributed by atoms with Crippen LogP contribution in [0.25, 0.3) is 0 Å². The largest absolute Gasteiger partial charge is 0.508 e. The molecule has 0 unspecified atom stereocenters. The molecule has 0 bridgehead atoms. The van der Waals surface area contributed by atoms with Gasteiger partial charge in [-0.2, -0.15) is 0 Å². The van der Waals surface area contributed by atoms with Crippen LogP contribution in [0.15, 0.2) is 35.3 Å². The molecule has 1 heterocycles. The summed E-state index contributed by atoms with van der Waals surface area (Å²) in [5.41, 5.74) is 1.33. The zero-order valence-electron chi connectivity index (χ0n) is 12.3. The quantitative estimate of drug-likeness (QED) is 0.190. The SMILES string of the molecule is O=Cc1sc(C#CCCCO)cc1N=CNc1ccc(O)cc1. The van der Waals surface area contributed by atoms with E-state index in [2.05, 4.69) is 22.2 Å². The van der Waals surface area contributed by atoms with Gasteiger partial charge < -0.3 is 15.5 Å². The van der Waals surface area contributed by atoms with Crippen molar-refractivity contribution in [2.24, 2.45) is 4.99 Å². The lowest BCUT2D eigenvalue weighted by atomic mass is 10.3. The third kappa shape index (κ3) is 5.25. The third-order valence-electron chi connectivity index (χ3n) is 2.82. The summed E-state index contributed by atoms with van der Waals surface area (Å²) in [6.07, 6.45) is 3.51. The molecule has 3 N–H and O–H groups in total. The summed E-state index contributed by atoms with van der Waals surface area (Å²) in [6.45, 7) is 0.122. The van der Waals surface area contributed by atoms with Gasteiger partial charge in [0.1, 0.15) is 5.75 Å². The molecule has 2 rings (SSSR count). The van der Waals surface area contributed by atoms with Crippen molar-refractivity contribution in [1.82, 2.24) is 0 Å². The summed E-state index contributed by atoms with van der Waals surface area (Å²) in [5.74, 6) is 6.11. The molecule has 0 aliphatic heterocycles. The number of aliphatic hydroxyl groups is 1. The van der Waals surface area contributed by atoms with Crippen molar-refractivity contribution >= 4 is 35.3 Å². The van der Waals surface area contributed by atoms with Crippen molar-refractivity contribution in [2.45, 2.75) is 12.8 Å². The van der Waals surface area contributed by atoms with Crippen LogP contribution in [0.5, 0.6) is 5.75 Å². The predicted molar refractivity (Wildman–Crippen MR) is 92.8 cm³/mol. The fourth-order valence-electron chi connectivity index (χ4n) is 1.69. The second-order valence-electron chi connectivity index (χ2n) is 4.56. The van der Waals surface area contributed by atoms with Crippen molar-refractivity contribution in [3.8, 4) is 17.6 Å². The number of thiophene rings is 1. The zero-order chi connectivity index (χ0) is 16.5. The predicted octanol–water partition coefficient (Wildman–Crippen LogP) is 3.16. The minimum Gasteiger partial charge on any atom is -0.508 e. The van der Waals surface area contributed by atoms with E-state index in [4.69, 9.17) is 5.11 Å². The van der Waals surface area contributed by atoms with E-state index in [0.717, 1.165) is 16.9 Å². The van der Waals surface area contributed by atoms with E-state index >= 15 is 0 Å². The normalized spacial score (nSPS) is 10.3. The van der Waals surface area contributed by atoms with Gasteiger partial charge in [0.2, 0.25) is 0 Å². The Morgan fingerprint density at radius 3 is 2.78 bits per heavy atom.